The summed E-state index contributed by atoms with van der Waals surface area (Å²) >= 11 is 1.35. The van der Waals surface area contributed by atoms with Gasteiger partial charge in [0, 0.05) is 30.7 Å². The average Bonchev–Trinajstić information content (AvgIpc) is 3.41. The number of nitrogens with zero attached hydrogens (tertiary/aromatic N) is 3. The molecule has 3 heterocycles. The van der Waals surface area contributed by atoms with Crippen molar-refractivity contribution >= 4 is 28.6 Å². The van der Waals surface area contributed by atoms with E-state index in [0.717, 1.165) is 11.9 Å². The summed E-state index contributed by atoms with van der Waals surface area (Å²) in [5.74, 6) is 1.56. The highest BCUT2D eigenvalue weighted by atomic mass is 32.2. The molecule has 27 heavy (non-hydrogen) atoms. The molecular weight excluding hydrogens is 362 g/mol. The van der Waals surface area contributed by atoms with Crippen LogP contribution in [0.15, 0.2) is 58.4 Å². The Morgan fingerprint density at radius 2 is 2.15 bits per heavy atom. The van der Waals surface area contributed by atoms with Crippen molar-refractivity contribution in [2.45, 2.75) is 11.6 Å². The van der Waals surface area contributed by atoms with Gasteiger partial charge in [-0.05, 0) is 30.2 Å². The Morgan fingerprint density at radius 3 is 3.00 bits per heavy atom. The number of benzene rings is 1. The molecule has 1 amide bonds. The molecule has 3 aromatic heterocycles. The highest BCUT2D eigenvalue weighted by Crippen LogP contribution is 2.22. The Bertz CT molecular complexity index is 1050. The minimum atomic E-state index is -0.0256. The van der Waals surface area contributed by atoms with Crippen molar-refractivity contribution < 1.29 is 9.21 Å². The van der Waals surface area contributed by atoms with E-state index in [2.05, 4.69) is 26.6 Å². The van der Waals surface area contributed by atoms with Gasteiger partial charge >= 0.3 is 0 Å². The van der Waals surface area contributed by atoms with Gasteiger partial charge in [0.25, 0.3) is 0 Å². The van der Waals surface area contributed by atoms with Gasteiger partial charge in [-0.1, -0.05) is 30.0 Å². The molecule has 138 valence electrons. The van der Waals surface area contributed by atoms with Gasteiger partial charge in [-0.15, -0.1) is 10.2 Å². The van der Waals surface area contributed by atoms with Crippen LogP contribution < -0.4 is 5.32 Å². The van der Waals surface area contributed by atoms with Crippen molar-refractivity contribution in [3.8, 4) is 11.6 Å². The molecule has 0 fully saturated rings. The van der Waals surface area contributed by atoms with Crippen LogP contribution in [0.5, 0.6) is 0 Å². The number of carbonyl (C=O) groups excluding carboxylic acids is 1. The third kappa shape index (κ3) is 3.75. The monoisotopic (exact) mass is 381 g/mol. The third-order valence-corrected chi connectivity index (χ3v) is 5.32. The molecule has 0 aliphatic carbocycles. The number of carbonyl (C=O) groups is 1. The van der Waals surface area contributed by atoms with Gasteiger partial charge in [0.05, 0.1) is 12.0 Å². The van der Waals surface area contributed by atoms with E-state index in [0.29, 0.717) is 23.3 Å². The van der Waals surface area contributed by atoms with E-state index in [1.807, 2.05) is 42.1 Å². The topological polar surface area (TPSA) is 88.7 Å². The maximum atomic E-state index is 12.1. The number of H-pyrrole nitrogens is 1. The third-order valence-electron chi connectivity index (χ3n) is 4.30. The fraction of sp³-hybridized carbons (Fsp3) is 0.211. The Balaban J connectivity index is 1.28. The molecule has 0 bridgehead atoms. The molecule has 4 rings (SSSR count). The summed E-state index contributed by atoms with van der Waals surface area (Å²) < 4.78 is 7.17. The number of hydrogen-bond donors (Lipinski definition) is 2. The van der Waals surface area contributed by atoms with Crippen molar-refractivity contribution in [2.24, 2.45) is 7.05 Å². The van der Waals surface area contributed by atoms with Crippen LogP contribution in [0.2, 0.25) is 0 Å². The molecular formula is C19H19N5O2S. The molecule has 0 aliphatic rings. The van der Waals surface area contributed by atoms with Crippen molar-refractivity contribution in [1.82, 2.24) is 25.1 Å². The maximum absolute atomic E-state index is 12.1. The fourth-order valence-corrected chi connectivity index (χ4v) is 3.66. The van der Waals surface area contributed by atoms with Gasteiger partial charge in [0.1, 0.15) is 0 Å². The second-order valence-electron chi connectivity index (χ2n) is 6.09. The summed E-state index contributed by atoms with van der Waals surface area (Å²) in [6.45, 7) is 0.595. The maximum Gasteiger partial charge on any atom is 0.230 e. The van der Waals surface area contributed by atoms with E-state index in [1.54, 1.807) is 12.3 Å². The molecule has 0 atom stereocenters. The number of thioether (sulfide) groups is 1. The lowest BCUT2D eigenvalue weighted by Crippen LogP contribution is -2.27. The molecule has 0 spiro atoms. The van der Waals surface area contributed by atoms with E-state index in [9.17, 15) is 4.79 Å². The first-order valence-electron chi connectivity index (χ1n) is 8.60. The van der Waals surface area contributed by atoms with Crippen LogP contribution in [-0.2, 0) is 18.3 Å². The molecule has 0 unspecified atom stereocenters. The summed E-state index contributed by atoms with van der Waals surface area (Å²) in [6.07, 6.45) is 4.38. The van der Waals surface area contributed by atoms with Crippen LogP contribution in [-0.4, -0.2) is 38.0 Å². The quantitative estimate of drug-likeness (QED) is 0.481. The van der Waals surface area contributed by atoms with Crippen LogP contribution in [0.1, 0.15) is 5.56 Å². The van der Waals surface area contributed by atoms with E-state index < -0.39 is 0 Å². The molecule has 0 saturated carbocycles. The van der Waals surface area contributed by atoms with Crippen LogP contribution in [0.4, 0.5) is 0 Å². The Morgan fingerprint density at radius 1 is 1.26 bits per heavy atom. The van der Waals surface area contributed by atoms with Crippen molar-refractivity contribution in [1.29, 1.82) is 0 Å². The van der Waals surface area contributed by atoms with Crippen LogP contribution >= 0.6 is 11.8 Å². The summed E-state index contributed by atoms with van der Waals surface area (Å²) in [6, 6.07) is 11.8. The molecule has 2 N–H and O–H groups in total. The number of rotatable bonds is 7. The SMILES string of the molecule is Cn1c(SCC(=O)NCCc2c[nH]c3ccccc23)nnc1-c1ccco1. The number of para-hydroxylation sites is 1. The predicted octanol–water partition coefficient (Wildman–Crippen LogP) is 3.01. The van der Waals surface area contributed by atoms with E-state index in [-0.39, 0.29) is 11.7 Å². The van der Waals surface area contributed by atoms with Gasteiger partial charge in [-0.25, -0.2) is 0 Å². The number of fused-ring (bicyclic) bond motifs is 1. The summed E-state index contributed by atoms with van der Waals surface area (Å²) in [5.41, 5.74) is 2.32. The van der Waals surface area contributed by atoms with Crippen LogP contribution in [0.3, 0.4) is 0 Å². The van der Waals surface area contributed by atoms with E-state index in [1.165, 1.54) is 22.7 Å². The van der Waals surface area contributed by atoms with Crippen molar-refractivity contribution in [3.63, 3.8) is 0 Å². The Labute approximate surface area is 160 Å². The molecule has 8 heteroatoms. The molecule has 4 aromatic rings. The van der Waals surface area contributed by atoms with Crippen molar-refractivity contribution in [3.05, 3.63) is 54.4 Å². The summed E-state index contributed by atoms with van der Waals surface area (Å²) in [7, 11) is 1.86. The minimum Gasteiger partial charge on any atom is -0.461 e. The normalized spacial score (nSPS) is 11.1. The Kier molecular flexibility index (Phi) is 4.97. The molecule has 1 aromatic carbocycles. The lowest BCUT2D eigenvalue weighted by molar-refractivity contribution is -0.118. The highest BCUT2D eigenvalue weighted by molar-refractivity contribution is 7.99. The number of aromatic amines is 1. The highest BCUT2D eigenvalue weighted by Gasteiger charge is 2.14. The zero-order valence-corrected chi connectivity index (χ0v) is 15.6. The Hall–Kier alpha value is -3.00. The fourth-order valence-electron chi connectivity index (χ4n) is 2.92. The summed E-state index contributed by atoms with van der Waals surface area (Å²) in [5, 5.41) is 13.1. The smallest absolute Gasteiger partial charge is 0.230 e. The predicted molar refractivity (Wildman–Crippen MR) is 104 cm³/mol. The zero-order valence-electron chi connectivity index (χ0n) is 14.8. The minimum absolute atomic E-state index is 0.0256. The number of amides is 1. The molecule has 0 radical (unpaired) electrons. The summed E-state index contributed by atoms with van der Waals surface area (Å²) in [4.78, 5) is 15.4. The lowest BCUT2D eigenvalue weighted by Gasteiger charge is -2.05. The number of aromatic nitrogens is 4. The van der Waals surface area contributed by atoms with Gasteiger partial charge in [-0.3, -0.25) is 4.79 Å². The molecule has 7 nitrogen and oxygen atoms in total. The van der Waals surface area contributed by atoms with Gasteiger partial charge in [0.2, 0.25) is 5.91 Å². The molecule has 0 saturated heterocycles. The average molecular weight is 381 g/mol. The first-order valence-corrected chi connectivity index (χ1v) is 9.58. The number of hydrogen-bond acceptors (Lipinski definition) is 5. The van der Waals surface area contributed by atoms with Gasteiger partial charge in [0.15, 0.2) is 16.7 Å². The standard InChI is InChI=1S/C19H19N5O2S/c1-24-18(16-7-4-10-26-16)22-23-19(24)27-12-17(25)20-9-8-13-11-21-15-6-3-2-5-14(13)15/h2-7,10-11,21H,8-9,12H2,1H3,(H,20,25). The van der Waals surface area contributed by atoms with E-state index in [4.69, 9.17) is 4.42 Å². The second-order valence-corrected chi connectivity index (χ2v) is 7.03. The van der Waals surface area contributed by atoms with Crippen LogP contribution in [0, 0.1) is 0 Å². The molecule has 0 aliphatic heterocycles. The number of nitrogens with one attached hydrogen (secondary N) is 2. The second kappa shape index (κ2) is 7.71. The van der Waals surface area contributed by atoms with Gasteiger partial charge < -0.3 is 19.3 Å². The first-order chi connectivity index (χ1) is 13.2. The lowest BCUT2D eigenvalue weighted by atomic mass is 10.1. The van der Waals surface area contributed by atoms with Crippen molar-refractivity contribution in [2.75, 3.05) is 12.3 Å². The largest absolute Gasteiger partial charge is 0.461 e. The number of furan rings is 1. The van der Waals surface area contributed by atoms with Gasteiger partial charge in [-0.2, -0.15) is 0 Å². The first kappa shape index (κ1) is 17.4. The van der Waals surface area contributed by atoms with Crippen LogP contribution in [0.25, 0.3) is 22.5 Å². The van der Waals surface area contributed by atoms with E-state index >= 15 is 0 Å². The zero-order chi connectivity index (χ0) is 18.6.